The Morgan fingerprint density at radius 1 is 1.13 bits per heavy atom. The summed E-state index contributed by atoms with van der Waals surface area (Å²) in [7, 11) is -3.06. The number of anilines is 3. The number of nitrogens with zero attached hydrogens (tertiary/aromatic N) is 5. The number of aromatic amines is 1. The summed E-state index contributed by atoms with van der Waals surface area (Å²) in [6, 6.07) is 7.34. The fourth-order valence-electron chi connectivity index (χ4n) is 5.92. The van der Waals surface area contributed by atoms with E-state index in [0.717, 1.165) is 30.0 Å². The van der Waals surface area contributed by atoms with Crippen LogP contribution in [-0.4, -0.2) is 71.8 Å². The molecule has 2 aromatic carbocycles. The average molecular weight is 769 g/mol. The lowest BCUT2D eigenvalue weighted by Crippen LogP contribution is -2.48. The number of aryl methyl sites for hydroxylation is 1. The van der Waals surface area contributed by atoms with Crippen LogP contribution in [0.1, 0.15) is 36.9 Å². The molecule has 1 amide bonds. The fourth-order valence-corrected chi connectivity index (χ4v) is 8.72. The molecule has 276 valence electrons. The van der Waals surface area contributed by atoms with Crippen LogP contribution in [0.4, 0.5) is 45.1 Å². The largest absolute Gasteiger partial charge is 0.490 e. The Morgan fingerprint density at radius 3 is 2.42 bits per heavy atom. The minimum Gasteiger partial charge on any atom is -0.490 e. The predicted octanol–water partition coefficient (Wildman–Crippen LogP) is 5.71. The van der Waals surface area contributed by atoms with Crippen LogP contribution in [-0.2, 0) is 19.4 Å². The lowest BCUT2D eigenvalue weighted by molar-refractivity contribution is -0.387. The first kappa shape index (κ1) is 36.7. The van der Waals surface area contributed by atoms with Crippen molar-refractivity contribution in [2.24, 2.45) is 0 Å². The second kappa shape index (κ2) is 13.8. The molecule has 1 aliphatic carbocycles. The molecular weight excluding hydrogens is 740 g/mol. The number of sulfone groups is 1. The Morgan fingerprint density at radius 2 is 1.85 bits per heavy atom. The van der Waals surface area contributed by atoms with E-state index in [2.05, 4.69) is 25.5 Å². The number of H-pyrrole nitrogens is 1. The van der Waals surface area contributed by atoms with Crippen molar-refractivity contribution in [2.75, 3.05) is 30.4 Å². The van der Waals surface area contributed by atoms with Gasteiger partial charge in [0.05, 0.1) is 21.8 Å². The molecular formula is C31H29F5N8O6S2. The smallest absolute Gasteiger partial charge is 0.471 e. The molecule has 1 saturated heterocycles. The molecule has 2 aromatic heterocycles. The Labute approximate surface area is 296 Å². The second-order valence-electron chi connectivity index (χ2n) is 12.1. The van der Waals surface area contributed by atoms with E-state index in [9.17, 15) is 36.5 Å². The van der Waals surface area contributed by atoms with Gasteiger partial charge < -0.3 is 20.3 Å². The van der Waals surface area contributed by atoms with Gasteiger partial charge in [-0.15, -0.1) is 0 Å². The number of benzene rings is 2. The fraction of sp³-hybridized carbons (Fsp3) is 0.355. The standard InChI is InChI=1S/C31H29F5N8O6S2/c1-16-14-23(42-41-16)38-26-25(50-2)27(43-12-8-17(9-13-43)37-28(45)31(34,35)36)40-29(39-26)51-22-7-6-18(15-20(22)32)52(48,49)30(10-11-30)19-4-3-5-21(24(19)33)44(46)47/h3-7,14-15,17H,8-13H2,1-2H3,(H,37,45)(H2,38,39,40,41,42). The number of alkyl halides is 3. The third kappa shape index (κ3) is 7.05. The Balaban J connectivity index is 1.30. The summed E-state index contributed by atoms with van der Waals surface area (Å²) >= 11 is 0.740. The number of ether oxygens (including phenoxy) is 1. The van der Waals surface area contributed by atoms with Crippen molar-refractivity contribution in [3.63, 3.8) is 0 Å². The number of nitrogens with one attached hydrogen (secondary N) is 3. The first-order chi connectivity index (χ1) is 24.5. The number of carbonyl (C=O) groups is 1. The lowest BCUT2D eigenvalue weighted by Gasteiger charge is -2.34. The number of hydrogen-bond donors (Lipinski definition) is 3. The van der Waals surface area contributed by atoms with E-state index in [1.807, 2.05) is 5.32 Å². The van der Waals surface area contributed by atoms with Gasteiger partial charge in [-0.1, -0.05) is 12.1 Å². The zero-order chi connectivity index (χ0) is 37.6. The molecule has 21 heteroatoms. The zero-order valence-corrected chi connectivity index (χ0v) is 28.9. The van der Waals surface area contributed by atoms with E-state index >= 15 is 8.78 Å². The molecule has 3 N–H and O–H groups in total. The Bertz CT molecular complexity index is 2160. The van der Waals surface area contributed by atoms with Crippen molar-refractivity contribution in [3.8, 4) is 5.75 Å². The van der Waals surface area contributed by atoms with E-state index in [1.165, 1.54) is 25.3 Å². The lowest BCUT2D eigenvalue weighted by atomic mass is 10.0. The van der Waals surface area contributed by atoms with Crippen LogP contribution < -0.4 is 20.3 Å². The summed E-state index contributed by atoms with van der Waals surface area (Å²) in [6.07, 6.45) is -4.78. The van der Waals surface area contributed by atoms with Crippen molar-refractivity contribution < 1.29 is 44.8 Å². The topological polar surface area (TPSA) is 185 Å². The van der Waals surface area contributed by atoms with Crippen molar-refractivity contribution in [3.05, 3.63) is 75.5 Å². The molecule has 14 nitrogen and oxygen atoms in total. The Kier molecular flexibility index (Phi) is 9.77. The highest BCUT2D eigenvalue weighted by Gasteiger charge is 2.58. The summed E-state index contributed by atoms with van der Waals surface area (Å²) in [5, 5.41) is 23.2. The van der Waals surface area contributed by atoms with E-state index in [-0.39, 0.29) is 71.8 Å². The minimum absolute atomic E-state index is 0.0226. The van der Waals surface area contributed by atoms with Crippen LogP contribution in [0, 0.1) is 28.7 Å². The Hall–Kier alpha value is -5.05. The summed E-state index contributed by atoms with van der Waals surface area (Å²) in [5.74, 6) is -3.45. The van der Waals surface area contributed by atoms with Crippen LogP contribution in [0.5, 0.6) is 5.75 Å². The van der Waals surface area contributed by atoms with Crippen molar-refractivity contribution in [2.45, 2.75) is 64.5 Å². The average Bonchev–Trinajstić information content (AvgIpc) is 3.81. The number of hydrogen-bond acceptors (Lipinski definition) is 12. The van der Waals surface area contributed by atoms with E-state index in [1.54, 1.807) is 17.9 Å². The molecule has 4 aromatic rings. The molecule has 3 heterocycles. The van der Waals surface area contributed by atoms with Crippen LogP contribution in [0.2, 0.25) is 0 Å². The number of halogens is 5. The molecule has 0 spiro atoms. The quantitative estimate of drug-likeness (QED) is 0.0732. The zero-order valence-electron chi connectivity index (χ0n) is 27.3. The molecule has 0 unspecified atom stereocenters. The van der Waals surface area contributed by atoms with Crippen LogP contribution in [0.15, 0.2) is 57.4 Å². The molecule has 0 bridgehead atoms. The molecule has 0 radical (unpaired) electrons. The van der Waals surface area contributed by atoms with Gasteiger partial charge in [-0.3, -0.25) is 20.0 Å². The van der Waals surface area contributed by atoms with Crippen molar-refractivity contribution in [1.82, 2.24) is 25.5 Å². The molecule has 2 fully saturated rings. The molecule has 1 saturated carbocycles. The van der Waals surface area contributed by atoms with Crippen molar-refractivity contribution >= 4 is 50.6 Å². The number of piperidine rings is 1. The van der Waals surface area contributed by atoms with Gasteiger partial charge in [0.2, 0.25) is 11.6 Å². The second-order valence-corrected chi connectivity index (χ2v) is 15.4. The van der Waals surface area contributed by atoms with Gasteiger partial charge >= 0.3 is 17.8 Å². The van der Waals surface area contributed by atoms with Gasteiger partial charge in [0.15, 0.2) is 32.4 Å². The first-order valence-electron chi connectivity index (χ1n) is 15.6. The molecule has 0 atom stereocenters. The highest BCUT2D eigenvalue weighted by Crippen LogP contribution is 2.56. The number of methoxy groups -OCH3 is 1. The summed E-state index contributed by atoms with van der Waals surface area (Å²) < 4.78 is 101. The normalized spacial score (nSPS) is 16.0. The first-order valence-corrected chi connectivity index (χ1v) is 17.9. The summed E-state index contributed by atoms with van der Waals surface area (Å²) in [6.45, 7) is 2.09. The molecule has 2 aliphatic rings. The third-order valence-corrected chi connectivity index (χ3v) is 12.1. The van der Waals surface area contributed by atoms with Gasteiger partial charge in [0, 0.05) is 42.5 Å². The number of carbonyl (C=O) groups excluding carboxylic acids is 1. The van der Waals surface area contributed by atoms with Crippen LogP contribution >= 0.6 is 11.8 Å². The maximum Gasteiger partial charge on any atom is 0.471 e. The summed E-state index contributed by atoms with van der Waals surface area (Å²) in [4.78, 5) is 32.1. The van der Waals surface area contributed by atoms with E-state index in [4.69, 9.17) is 4.74 Å². The SMILES string of the molecule is COc1c(Nc2cc(C)[nH]n2)nc(Sc2ccc(S(=O)(=O)C3(c4cccc([N+](=O)[O-])c4F)CC3)cc2F)nc1N1CCC(NC(=O)C(F)(F)F)CC1. The van der Waals surface area contributed by atoms with Gasteiger partial charge in [-0.2, -0.15) is 22.7 Å². The highest BCUT2D eigenvalue weighted by atomic mass is 32.2. The maximum absolute atomic E-state index is 15.7. The van der Waals surface area contributed by atoms with Crippen LogP contribution in [0.25, 0.3) is 0 Å². The molecule has 52 heavy (non-hydrogen) atoms. The van der Waals surface area contributed by atoms with E-state index < -0.39 is 59.9 Å². The van der Waals surface area contributed by atoms with Gasteiger partial charge in [-0.25, -0.2) is 22.8 Å². The molecule has 6 rings (SSSR count). The van der Waals surface area contributed by atoms with Gasteiger partial charge in [-0.05, 0) is 62.6 Å². The van der Waals surface area contributed by atoms with Crippen molar-refractivity contribution in [1.29, 1.82) is 0 Å². The number of aromatic nitrogens is 4. The number of nitro groups is 1. The third-order valence-electron chi connectivity index (χ3n) is 8.67. The van der Waals surface area contributed by atoms with Crippen LogP contribution in [0.3, 0.4) is 0 Å². The van der Waals surface area contributed by atoms with Gasteiger partial charge in [0.25, 0.3) is 0 Å². The number of nitro benzene ring substituents is 1. The number of rotatable bonds is 11. The highest BCUT2D eigenvalue weighted by molar-refractivity contribution is 7.99. The summed E-state index contributed by atoms with van der Waals surface area (Å²) in [5.41, 5.74) is -0.519. The minimum atomic E-state index is -5.02. The van der Waals surface area contributed by atoms with E-state index in [0.29, 0.717) is 11.5 Å². The number of amides is 1. The maximum atomic E-state index is 15.7. The van der Waals surface area contributed by atoms with Gasteiger partial charge in [0.1, 0.15) is 10.6 Å². The monoisotopic (exact) mass is 768 g/mol. The predicted molar refractivity (Wildman–Crippen MR) is 176 cm³/mol. The molecule has 1 aliphatic heterocycles.